The average Bonchev–Trinajstić information content (AvgIpc) is 3.19. The molecular formula is C20H17N3O3S2. The molecule has 1 amide bonds. The molecule has 28 heavy (non-hydrogen) atoms. The Balaban J connectivity index is 1.56. The number of benzene rings is 2. The van der Waals surface area contributed by atoms with Gasteiger partial charge in [-0.25, -0.2) is 4.79 Å². The Morgan fingerprint density at radius 2 is 1.82 bits per heavy atom. The lowest BCUT2D eigenvalue weighted by atomic mass is 10.1. The van der Waals surface area contributed by atoms with Crippen molar-refractivity contribution in [1.29, 1.82) is 5.41 Å². The number of methoxy groups -OCH3 is 1. The fourth-order valence-corrected chi connectivity index (χ4v) is 5.24. The third-order valence-electron chi connectivity index (χ3n) is 4.53. The number of esters is 1. The number of carbonyl (C=O) groups excluding carboxylic acids is 2. The molecule has 1 fully saturated rings. The predicted molar refractivity (Wildman–Crippen MR) is 111 cm³/mol. The molecule has 0 bridgehead atoms. The summed E-state index contributed by atoms with van der Waals surface area (Å²) in [4.78, 5) is 29.7. The molecule has 0 spiro atoms. The Labute approximate surface area is 171 Å². The highest BCUT2D eigenvalue weighted by Gasteiger charge is 2.38. The Hall–Kier alpha value is -2.71. The van der Waals surface area contributed by atoms with Crippen molar-refractivity contribution < 1.29 is 14.3 Å². The van der Waals surface area contributed by atoms with Crippen molar-refractivity contribution in [3.05, 3.63) is 69.6 Å². The predicted octanol–water partition coefficient (Wildman–Crippen LogP) is 3.89. The third kappa shape index (κ3) is 3.18. The van der Waals surface area contributed by atoms with Gasteiger partial charge in [-0.1, -0.05) is 36.0 Å². The van der Waals surface area contributed by atoms with E-state index in [-0.39, 0.29) is 17.6 Å². The van der Waals surface area contributed by atoms with Gasteiger partial charge in [-0.05, 0) is 41.6 Å². The van der Waals surface area contributed by atoms with E-state index in [0.29, 0.717) is 10.5 Å². The first-order valence-electron chi connectivity index (χ1n) is 8.50. The lowest BCUT2D eigenvalue weighted by Gasteiger charge is -2.16. The van der Waals surface area contributed by atoms with E-state index >= 15 is 0 Å². The molecule has 8 heteroatoms. The number of hydrogen-bond donors (Lipinski definition) is 1. The Bertz CT molecular complexity index is 1020. The first-order valence-corrected chi connectivity index (χ1v) is 10.1. The first kappa shape index (κ1) is 18.6. The lowest BCUT2D eigenvalue weighted by Crippen LogP contribution is -2.28. The lowest BCUT2D eigenvalue weighted by molar-refractivity contribution is -0.122. The van der Waals surface area contributed by atoms with Crippen LogP contribution in [0, 0.1) is 5.41 Å². The topological polar surface area (TPSA) is 73.7 Å². The maximum Gasteiger partial charge on any atom is 0.337 e. The van der Waals surface area contributed by atoms with Crippen LogP contribution in [0.5, 0.6) is 0 Å². The fourth-order valence-electron chi connectivity index (χ4n) is 3.04. The van der Waals surface area contributed by atoms with Crippen molar-refractivity contribution in [1.82, 2.24) is 4.90 Å². The van der Waals surface area contributed by atoms with Gasteiger partial charge in [0.1, 0.15) is 4.91 Å². The third-order valence-corrected chi connectivity index (χ3v) is 6.88. The highest BCUT2D eigenvalue weighted by molar-refractivity contribution is 8.19. The van der Waals surface area contributed by atoms with Gasteiger partial charge in [-0.3, -0.25) is 15.1 Å². The van der Waals surface area contributed by atoms with E-state index in [2.05, 4.69) is 0 Å². The number of ether oxygens (including phenoxy) is 1. The normalized spacial score (nSPS) is 18.6. The minimum Gasteiger partial charge on any atom is -0.465 e. The zero-order valence-corrected chi connectivity index (χ0v) is 16.9. The summed E-state index contributed by atoms with van der Waals surface area (Å²) in [6.07, 6.45) is 0. The van der Waals surface area contributed by atoms with Crippen LogP contribution >= 0.6 is 23.5 Å². The summed E-state index contributed by atoms with van der Waals surface area (Å²) >= 11 is 2.74. The van der Waals surface area contributed by atoms with Gasteiger partial charge in [0.05, 0.1) is 29.9 Å². The molecule has 4 rings (SSSR count). The zero-order valence-electron chi connectivity index (χ0n) is 15.3. The standard InChI is InChI=1S/C20H17N3O3S2/c1-22-14-5-3-4-6-15(14)27-18(22)16-17(24)23(20(21)28-16)11-12-7-9-13(10-8-12)19(25)26-2/h3-10,21H,11H2,1-2H3/b18-16-,21-20?. The maximum atomic E-state index is 13.0. The minimum absolute atomic E-state index is 0.172. The van der Waals surface area contributed by atoms with Crippen molar-refractivity contribution in [2.24, 2.45) is 0 Å². The highest BCUT2D eigenvalue weighted by atomic mass is 32.2. The van der Waals surface area contributed by atoms with Gasteiger partial charge in [-0.2, -0.15) is 0 Å². The van der Waals surface area contributed by atoms with E-state index in [1.807, 2.05) is 36.2 Å². The molecule has 0 unspecified atom stereocenters. The second kappa shape index (κ2) is 7.37. The molecule has 1 saturated heterocycles. The number of fused-ring (bicyclic) bond motifs is 1. The molecule has 0 aliphatic carbocycles. The Kier molecular flexibility index (Phi) is 4.91. The smallest absolute Gasteiger partial charge is 0.337 e. The molecule has 0 radical (unpaired) electrons. The molecule has 2 heterocycles. The zero-order chi connectivity index (χ0) is 19.8. The fraction of sp³-hybridized carbons (Fsp3) is 0.150. The van der Waals surface area contributed by atoms with E-state index in [4.69, 9.17) is 10.1 Å². The van der Waals surface area contributed by atoms with Crippen LogP contribution in [-0.4, -0.2) is 36.1 Å². The molecule has 142 valence electrons. The van der Waals surface area contributed by atoms with Crippen molar-refractivity contribution in [2.45, 2.75) is 11.4 Å². The Morgan fingerprint density at radius 1 is 1.11 bits per heavy atom. The van der Waals surface area contributed by atoms with Gasteiger partial charge in [0, 0.05) is 11.9 Å². The van der Waals surface area contributed by atoms with Gasteiger partial charge in [0.25, 0.3) is 5.91 Å². The number of nitrogens with zero attached hydrogens (tertiary/aromatic N) is 2. The number of carbonyl (C=O) groups is 2. The molecule has 6 nitrogen and oxygen atoms in total. The number of amides is 1. The van der Waals surface area contributed by atoms with Crippen LogP contribution in [0.25, 0.3) is 0 Å². The van der Waals surface area contributed by atoms with E-state index in [9.17, 15) is 9.59 Å². The van der Waals surface area contributed by atoms with Crippen molar-refractivity contribution in [2.75, 3.05) is 19.1 Å². The second-order valence-corrected chi connectivity index (χ2v) is 8.28. The van der Waals surface area contributed by atoms with Crippen molar-refractivity contribution in [3.63, 3.8) is 0 Å². The SMILES string of the molecule is COC(=O)c1ccc(CN2C(=N)S/C(=C3\Sc4ccccc4N3C)C2=O)cc1. The largest absolute Gasteiger partial charge is 0.465 e. The van der Waals surface area contributed by atoms with Crippen molar-refractivity contribution in [3.8, 4) is 0 Å². The van der Waals surface area contributed by atoms with Crippen LogP contribution in [0.4, 0.5) is 5.69 Å². The average molecular weight is 412 g/mol. The molecule has 1 N–H and O–H groups in total. The summed E-state index contributed by atoms with van der Waals surface area (Å²) in [6, 6.07) is 14.9. The van der Waals surface area contributed by atoms with Gasteiger partial charge >= 0.3 is 5.97 Å². The maximum absolute atomic E-state index is 13.0. The quantitative estimate of drug-likeness (QED) is 0.610. The number of rotatable bonds is 3. The number of anilines is 1. The second-order valence-electron chi connectivity index (χ2n) is 6.25. The number of hydrogen-bond acceptors (Lipinski definition) is 7. The molecule has 0 saturated carbocycles. The summed E-state index contributed by atoms with van der Waals surface area (Å²) < 4.78 is 4.70. The number of para-hydroxylation sites is 1. The van der Waals surface area contributed by atoms with Gasteiger partial charge < -0.3 is 9.64 Å². The summed E-state index contributed by atoms with van der Waals surface area (Å²) in [7, 11) is 3.27. The summed E-state index contributed by atoms with van der Waals surface area (Å²) in [6.45, 7) is 0.282. The van der Waals surface area contributed by atoms with Crippen LogP contribution in [0.15, 0.2) is 63.4 Å². The molecule has 0 atom stereocenters. The minimum atomic E-state index is -0.403. The first-order chi connectivity index (χ1) is 13.5. The van der Waals surface area contributed by atoms with E-state index in [0.717, 1.165) is 21.2 Å². The number of nitrogens with one attached hydrogen (secondary N) is 1. The number of amidine groups is 1. The van der Waals surface area contributed by atoms with Crippen molar-refractivity contribution >= 4 is 46.3 Å². The highest BCUT2D eigenvalue weighted by Crippen LogP contribution is 2.49. The monoisotopic (exact) mass is 411 g/mol. The van der Waals surface area contributed by atoms with Crippen LogP contribution in [-0.2, 0) is 16.1 Å². The van der Waals surface area contributed by atoms with E-state index in [1.54, 1.807) is 36.0 Å². The van der Waals surface area contributed by atoms with Crippen LogP contribution in [0.2, 0.25) is 0 Å². The molecule has 2 aromatic rings. The van der Waals surface area contributed by atoms with Crippen LogP contribution in [0.1, 0.15) is 15.9 Å². The Morgan fingerprint density at radius 3 is 2.50 bits per heavy atom. The van der Waals surface area contributed by atoms with E-state index in [1.165, 1.54) is 23.8 Å². The molecule has 2 aliphatic heterocycles. The summed E-state index contributed by atoms with van der Waals surface area (Å²) in [5, 5.41) is 9.33. The van der Waals surface area contributed by atoms with Gasteiger partial charge in [0.15, 0.2) is 5.17 Å². The molecule has 0 aromatic heterocycles. The summed E-state index contributed by atoms with van der Waals surface area (Å²) in [5.41, 5.74) is 2.35. The van der Waals surface area contributed by atoms with E-state index < -0.39 is 5.97 Å². The van der Waals surface area contributed by atoms with Crippen LogP contribution in [0.3, 0.4) is 0 Å². The molecule has 2 aliphatic rings. The number of thioether (sulfide) groups is 2. The molecular weight excluding hydrogens is 394 g/mol. The van der Waals surface area contributed by atoms with Gasteiger partial charge in [0.2, 0.25) is 0 Å². The summed E-state index contributed by atoms with van der Waals surface area (Å²) in [5.74, 6) is -0.575. The molecule has 2 aromatic carbocycles. The van der Waals surface area contributed by atoms with Gasteiger partial charge in [-0.15, -0.1) is 0 Å². The van der Waals surface area contributed by atoms with Crippen LogP contribution < -0.4 is 4.90 Å².